The normalized spacial score (nSPS) is 14.7. The molecule has 1 aliphatic heterocycles. The highest BCUT2D eigenvalue weighted by atomic mass is 32.2. The predicted octanol–water partition coefficient (Wildman–Crippen LogP) is 1.93. The Labute approximate surface area is 121 Å². The molecule has 1 N–H and O–H groups in total. The summed E-state index contributed by atoms with van der Waals surface area (Å²) in [6.07, 6.45) is 1.16. The summed E-state index contributed by atoms with van der Waals surface area (Å²) in [6.45, 7) is 2.22. The molecule has 0 aliphatic carbocycles. The Bertz CT molecular complexity index is 570. The van der Waals surface area contributed by atoms with Crippen LogP contribution in [0.25, 0.3) is 0 Å². The summed E-state index contributed by atoms with van der Waals surface area (Å²) in [7, 11) is 0. The van der Waals surface area contributed by atoms with Crippen molar-refractivity contribution in [1.82, 2.24) is 4.90 Å². The van der Waals surface area contributed by atoms with Crippen LogP contribution in [0.15, 0.2) is 23.1 Å². The fraction of sp³-hybridized carbons (Fsp3) is 0.357. The van der Waals surface area contributed by atoms with E-state index < -0.39 is 5.97 Å². The molecule has 0 radical (unpaired) electrons. The molecular formula is C14H15NO4S. The molecule has 1 aliphatic rings. The average molecular weight is 293 g/mol. The first-order chi connectivity index (χ1) is 9.49. The Morgan fingerprint density at radius 1 is 1.40 bits per heavy atom. The van der Waals surface area contributed by atoms with Crippen molar-refractivity contribution in [3.05, 3.63) is 29.3 Å². The number of likely N-dealkylation sites (tertiary alicyclic amines) is 1. The number of hydrogen-bond donors (Lipinski definition) is 1. The summed E-state index contributed by atoms with van der Waals surface area (Å²) in [6, 6.07) is 5.06. The van der Waals surface area contributed by atoms with E-state index in [2.05, 4.69) is 0 Å². The molecular weight excluding hydrogens is 278 g/mol. The van der Waals surface area contributed by atoms with Crippen molar-refractivity contribution in [3.8, 4) is 0 Å². The molecule has 2 amide bonds. The average Bonchev–Trinajstić information content (AvgIpc) is 2.83. The minimum atomic E-state index is -0.981. The molecule has 0 spiro atoms. The third kappa shape index (κ3) is 3.19. The summed E-state index contributed by atoms with van der Waals surface area (Å²) < 4.78 is 0. The maximum absolute atomic E-state index is 11.9. The number of thioether (sulfide) groups is 1. The molecule has 0 bridgehead atoms. The van der Waals surface area contributed by atoms with Gasteiger partial charge in [-0.3, -0.25) is 14.5 Å². The fourth-order valence-electron chi connectivity index (χ4n) is 2.06. The lowest BCUT2D eigenvalue weighted by Gasteiger charge is -2.13. The van der Waals surface area contributed by atoms with Gasteiger partial charge in [0.15, 0.2) is 0 Å². The van der Waals surface area contributed by atoms with Crippen LogP contribution in [0.1, 0.15) is 28.8 Å². The van der Waals surface area contributed by atoms with Gasteiger partial charge in [-0.2, -0.15) is 0 Å². The van der Waals surface area contributed by atoms with Crippen LogP contribution in [-0.4, -0.2) is 40.1 Å². The van der Waals surface area contributed by atoms with Crippen molar-refractivity contribution in [2.24, 2.45) is 0 Å². The van der Waals surface area contributed by atoms with Crippen LogP contribution in [0, 0.1) is 6.92 Å². The second-order valence-corrected chi connectivity index (χ2v) is 5.66. The first-order valence-corrected chi connectivity index (χ1v) is 7.27. The van der Waals surface area contributed by atoms with E-state index in [1.165, 1.54) is 16.7 Å². The lowest BCUT2D eigenvalue weighted by Crippen LogP contribution is -2.33. The minimum Gasteiger partial charge on any atom is -0.478 e. The molecule has 1 heterocycles. The van der Waals surface area contributed by atoms with E-state index >= 15 is 0 Å². The fourth-order valence-corrected chi connectivity index (χ4v) is 2.87. The van der Waals surface area contributed by atoms with E-state index in [9.17, 15) is 14.4 Å². The zero-order valence-corrected chi connectivity index (χ0v) is 11.9. The Morgan fingerprint density at radius 2 is 2.15 bits per heavy atom. The molecule has 0 unspecified atom stereocenters. The van der Waals surface area contributed by atoms with Gasteiger partial charge < -0.3 is 5.11 Å². The first kappa shape index (κ1) is 14.6. The van der Waals surface area contributed by atoms with Crippen LogP contribution in [0.5, 0.6) is 0 Å². The van der Waals surface area contributed by atoms with E-state index in [-0.39, 0.29) is 23.1 Å². The molecule has 1 saturated heterocycles. The van der Waals surface area contributed by atoms with Crippen LogP contribution < -0.4 is 0 Å². The number of aryl methyl sites for hydroxylation is 1. The molecule has 6 heteroatoms. The van der Waals surface area contributed by atoms with E-state index in [1.807, 2.05) is 0 Å². The van der Waals surface area contributed by atoms with Gasteiger partial charge in [0, 0.05) is 17.9 Å². The van der Waals surface area contributed by atoms with Gasteiger partial charge in [-0.1, -0.05) is 6.07 Å². The largest absolute Gasteiger partial charge is 0.478 e. The Morgan fingerprint density at radius 3 is 2.75 bits per heavy atom. The van der Waals surface area contributed by atoms with Crippen molar-refractivity contribution in [2.75, 3.05) is 12.3 Å². The number of amides is 2. The van der Waals surface area contributed by atoms with Crippen LogP contribution in [0.3, 0.4) is 0 Å². The number of carbonyl (C=O) groups excluding carboxylic acids is 2. The zero-order chi connectivity index (χ0) is 14.7. The van der Waals surface area contributed by atoms with Crippen LogP contribution >= 0.6 is 11.8 Å². The predicted molar refractivity (Wildman–Crippen MR) is 74.8 cm³/mol. The lowest BCUT2D eigenvalue weighted by atomic mass is 10.1. The number of aromatic carboxylic acids is 1. The van der Waals surface area contributed by atoms with Crippen LogP contribution in [-0.2, 0) is 9.59 Å². The molecule has 1 fully saturated rings. The highest BCUT2D eigenvalue weighted by Gasteiger charge is 2.26. The van der Waals surface area contributed by atoms with E-state index in [0.717, 1.165) is 6.42 Å². The number of benzene rings is 1. The SMILES string of the molecule is Cc1ccc(SCC(=O)N2CCCC2=O)cc1C(=O)O. The van der Waals surface area contributed by atoms with Gasteiger partial charge in [-0.25, -0.2) is 4.79 Å². The van der Waals surface area contributed by atoms with Gasteiger partial charge in [-0.05, 0) is 31.0 Å². The second-order valence-electron chi connectivity index (χ2n) is 4.61. The van der Waals surface area contributed by atoms with Gasteiger partial charge in [0.1, 0.15) is 0 Å². The Balaban J connectivity index is 2.00. The maximum Gasteiger partial charge on any atom is 0.335 e. The number of hydrogen-bond acceptors (Lipinski definition) is 4. The highest BCUT2D eigenvalue weighted by molar-refractivity contribution is 8.00. The number of imide groups is 1. The maximum atomic E-state index is 11.9. The molecule has 1 aromatic carbocycles. The molecule has 1 aromatic rings. The standard InChI is InChI=1S/C14H15NO4S/c1-9-4-5-10(7-11(9)14(18)19)20-8-13(17)15-6-2-3-12(15)16/h4-5,7H,2-3,6,8H2,1H3,(H,18,19). The number of carboxylic acid groups (broad SMARTS) is 1. The van der Waals surface area contributed by atoms with Crippen molar-refractivity contribution < 1.29 is 19.5 Å². The van der Waals surface area contributed by atoms with E-state index in [0.29, 0.717) is 23.4 Å². The molecule has 0 aromatic heterocycles. The third-order valence-corrected chi connectivity index (χ3v) is 4.15. The molecule has 2 rings (SSSR count). The number of carboxylic acids is 1. The number of rotatable bonds is 4. The topological polar surface area (TPSA) is 74.7 Å². The molecule has 5 nitrogen and oxygen atoms in total. The summed E-state index contributed by atoms with van der Waals surface area (Å²) in [4.78, 5) is 36.3. The second kappa shape index (κ2) is 6.09. The summed E-state index contributed by atoms with van der Waals surface area (Å²) in [5, 5.41) is 9.05. The van der Waals surface area contributed by atoms with Gasteiger partial charge in [-0.15, -0.1) is 11.8 Å². The number of nitrogens with zero attached hydrogens (tertiary/aromatic N) is 1. The Hall–Kier alpha value is -1.82. The van der Waals surface area contributed by atoms with Gasteiger partial charge in [0.05, 0.1) is 11.3 Å². The van der Waals surface area contributed by atoms with Crippen molar-refractivity contribution in [1.29, 1.82) is 0 Å². The van der Waals surface area contributed by atoms with Gasteiger partial charge >= 0.3 is 5.97 Å². The molecule has 106 valence electrons. The minimum absolute atomic E-state index is 0.120. The van der Waals surface area contributed by atoms with Crippen molar-refractivity contribution >= 4 is 29.5 Å². The van der Waals surface area contributed by atoms with E-state index in [4.69, 9.17) is 5.11 Å². The van der Waals surface area contributed by atoms with Crippen LogP contribution in [0.4, 0.5) is 0 Å². The summed E-state index contributed by atoms with van der Waals surface area (Å²) >= 11 is 1.25. The Kier molecular flexibility index (Phi) is 4.44. The third-order valence-electron chi connectivity index (χ3n) is 3.18. The zero-order valence-electron chi connectivity index (χ0n) is 11.1. The quantitative estimate of drug-likeness (QED) is 0.859. The summed E-state index contributed by atoms with van der Waals surface area (Å²) in [5.41, 5.74) is 0.919. The monoisotopic (exact) mass is 293 g/mol. The molecule has 20 heavy (non-hydrogen) atoms. The molecule has 0 atom stereocenters. The smallest absolute Gasteiger partial charge is 0.335 e. The van der Waals surface area contributed by atoms with Crippen LogP contribution in [0.2, 0.25) is 0 Å². The van der Waals surface area contributed by atoms with E-state index in [1.54, 1.807) is 25.1 Å². The van der Waals surface area contributed by atoms with Gasteiger partial charge in [0.2, 0.25) is 11.8 Å². The van der Waals surface area contributed by atoms with Gasteiger partial charge in [0.25, 0.3) is 0 Å². The number of carbonyl (C=O) groups is 3. The molecule has 0 saturated carbocycles. The lowest BCUT2D eigenvalue weighted by molar-refractivity contribution is -0.140. The van der Waals surface area contributed by atoms with Crippen molar-refractivity contribution in [3.63, 3.8) is 0 Å². The summed E-state index contributed by atoms with van der Waals surface area (Å²) in [5.74, 6) is -1.17. The highest BCUT2D eigenvalue weighted by Crippen LogP contribution is 2.23. The van der Waals surface area contributed by atoms with Crippen molar-refractivity contribution in [2.45, 2.75) is 24.7 Å². The first-order valence-electron chi connectivity index (χ1n) is 6.29.